The van der Waals surface area contributed by atoms with Crippen LogP contribution in [0.1, 0.15) is 6.92 Å². The van der Waals surface area contributed by atoms with Crippen LogP contribution in [0.2, 0.25) is 0 Å². The SMILES string of the molecule is CCOC1=NS(=O)(=O)C(C#N)=C1Cl. The largest absolute Gasteiger partial charge is 0.476 e. The summed E-state index contributed by atoms with van der Waals surface area (Å²) in [5.74, 6) is -0.208. The van der Waals surface area contributed by atoms with Crippen LogP contribution in [0.4, 0.5) is 0 Å². The zero-order chi connectivity index (χ0) is 10.1. The van der Waals surface area contributed by atoms with Gasteiger partial charge >= 0.3 is 0 Å². The van der Waals surface area contributed by atoms with Crippen molar-refractivity contribution in [2.45, 2.75) is 6.92 Å². The zero-order valence-corrected chi connectivity index (χ0v) is 8.18. The predicted octanol–water partition coefficient (Wildman–Crippen LogP) is 0.739. The van der Waals surface area contributed by atoms with Crippen molar-refractivity contribution < 1.29 is 13.2 Å². The highest BCUT2D eigenvalue weighted by atomic mass is 35.5. The normalized spacial score (nSPS) is 19.6. The molecule has 70 valence electrons. The van der Waals surface area contributed by atoms with Gasteiger partial charge in [0.15, 0.2) is 4.91 Å². The van der Waals surface area contributed by atoms with Gasteiger partial charge in [-0.25, -0.2) is 0 Å². The number of rotatable bonds is 1. The summed E-state index contributed by atoms with van der Waals surface area (Å²) in [7, 11) is -3.91. The van der Waals surface area contributed by atoms with E-state index < -0.39 is 14.9 Å². The Morgan fingerprint density at radius 1 is 1.69 bits per heavy atom. The smallest absolute Gasteiger partial charge is 0.297 e. The Balaban J connectivity index is 3.22. The molecule has 0 fully saturated rings. The van der Waals surface area contributed by atoms with E-state index in [4.69, 9.17) is 21.6 Å². The molecule has 0 aromatic heterocycles. The van der Waals surface area contributed by atoms with E-state index in [1.807, 2.05) is 0 Å². The van der Waals surface area contributed by atoms with Gasteiger partial charge in [-0.2, -0.15) is 13.7 Å². The number of halogens is 1. The van der Waals surface area contributed by atoms with Crippen molar-refractivity contribution >= 4 is 27.5 Å². The van der Waals surface area contributed by atoms with Crippen molar-refractivity contribution in [3.8, 4) is 6.07 Å². The standard InChI is InChI=1S/C6H5ClN2O3S/c1-2-12-6-5(7)4(3-8)13(10,11)9-6/h2H2,1H3. The van der Waals surface area contributed by atoms with Gasteiger partial charge in [-0.15, -0.1) is 4.40 Å². The van der Waals surface area contributed by atoms with Crippen molar-refractivity contribution in [3.05, 3.63) is 9.94 Å². The second-order valence-corrected chi connectivity index (χ2v) is 3.98. The molecule has 1 aliphatic heterocycles. The minimum atomic E-state index is -3.91. The van der Waals surface area contributed by atoms with Crippen LogP contribution in [-0.2, 0) is 14.8 Å². The van der Waals surface area contributed by atoms with E-state index in [0.29, 0.717) is 0 Å². The Morgan fingerprint density at radius 2 is 2.31 bits per heavy atom. The molecule has 0 atom stereocenters. The first kappa shape index (κ1) is 10.0. The first-order valence-electron chi connectivity index (χ1n) is 3.31. The lowest BCUT2D eigenvalue weighted by atomic mass is 10.5. The summed E-state index contributed by atoms with van der Waals surface area (Å²) in [5.41, 5.74) is 0. The second-order valence-electron chi connectivity index (χ2n) is 2.06. The zero-order valence-electron chi connectivity index (χ0n) is 6.61. The summed E-state index contributed by atoms with van der Waals surface area (Å²) in [6.07, 6.45) is 0. The number of nitrogens with zero attached hydrogens (tertiary/aromatic N) is 2. The molecule has 0 N–H and O–H groups in total. The van der Waals surface area contributed by atoms with Gasteiger partial charge in [0.05, 0.1) is 6.61 Å². The number of hydrogen-bond donors (Lipinski definition) is 0. The topological polar surface area (TPSA) is 79.5 Å². The van der Waals surface area contributed by atoms with Gasteiger partial charge in [-0.1, -0.05) is 11.6 Å². The molecule has 0 saturated carbocycles. The maximum Gasteiger partial charge on any atom is 0.297 e. The molecular weight excluding hydrogens is 216 g/mol. The molecule has 0 spiro atoms. The van der Waals surface area contributed by atoms with Crippen molar-refractivity contribution in [2.75, 3.05) is 6.61 Å². The fourth-order valence-corrected chi connectivity index (χ4v) is 2.10. The Bertz CT molecular complexity index is 429. The first-order valence-corrected chi connectivity index (χ1v) is 5.12. The van der Waals surface area contributed by atoms with E-state index in [2.05, 4.69) is 4.40 Å². The Hall–Kier alpha value is -1.06. The van der Waals surface area contributed by atoms with Crippen LogP contribution in [0.25, 0.3) is 0 Å². The lowest BCUT2D eigenvalue weighted by molar-refractivity contribution is 0.330. The van der Waals surface area contributed by atoms with Crippen LogP contribution in [0.15, 0.2) is 14.3 Å². The quantitative estimate of drug-likeness (QED) is 0.653. The molecule has 0 aromatic carbocycles. The summed E-state index contributed by atoms with van der Waals surface area (Å²) in [5, 5.41) is 8.21. The molecule has 1 aliphatic rings. The van der Waals surface area contributed by atoms with Crippen LogP contribution in [0, 0.1) is 11.3 Å². The van der Waals surface area contributed by atoms with Crippen molar-refractivity contribution in [3.63, 3.8) is 0 Å². The van der Waals surface area contributed by atoms with Crippen LogP contribution in [-0.4, -0.2) is 20.9 Å². The van der Waals surface area contributed by atoms with E-state index in [1.165, 1.54) is 6.07 Å². The lowest BCUT2D eigenvalue weighted by Crippen LogP contribution is -2.01. The molecule has 1 rings (SSSR count). The molecule has 0 bridgehead atoms. The molecule has 1 heterocycles. The van der Waals surface area contributed by atoms with E-state index >= 15 is 0 Å². The van der Waals surface area contributed by atoms with Crippen LogP contribution < -0.4 is 0 Å². The van der Waals surface area contributed by atoms with Crippen molar-refractivity contribution in [1.29, 1.82) is 5.26 Å². The highest BCUT2D eigenvalue weighted by Crippen LogP contribution is 2.26. The van der Waals surface area contributed by atoms with Gasteiger partial charge in [0.1, 0.15) is 11.1 Å². The number of nitriles is 1. The third-order valence-corrected chi connectivity index (χ3v) is 2.91. The summed E-state index contributed by atoms with van der Waals surface area (Å²) in [4.78, 5) is -0.558. The van der Waals surface area contributed by atoms with Crippen molar-refractivity contribution in [2.24, 2.45) is 4.40 Å². The first-order chi connectivity index (χ1) is 6.03. The number of hydrogen-bond acceptors (Lipinski definition) is 4. The third-order valence-electron chi connectivity index (χ3n) is 1.23. The highest BCUT2D eigenvalue weighted by Gasteiger charge is 2.32. The number of ether oxygens (including phenoxy) is 1. The average molecular weight is 221 g/mol. The molecule has 5 nitrogen and oxygen atoms in total. The Kier molecular flexibility index (Phi) is 2.59. The van der Waals surface area contributed by atoms with Gasteiger partial charge in [0.2, 0.25) is 5.90 Å². The van der Waals surface area contributed by atoms with E-state index in [-0.39, 0.29) is 17.5 Å². The molecule has 0 saturated heterocycles. The maximum atomic E-state index is 11.1. The highest BCUT2D eigenvalue weighted by molar-refractivity contribution is 7.95. The average Bonchev–Trinajstić information content (AvgIpc) is 2.23. The molecule has 0 aliphatic carbocycles. The van der Waals surface area contributed by atoms with E-state index in [0.717, 1.165) is 0 Å². The number of allylic oxidation sites excluding steroid dienone is 1. The van der Waals surface area contributed by atoms with Gasteiger partial charge < -0.3 is 4.74 Å². The maximum absolute atomic E-state index is 11.1. The Morgan fingerprint density at radius 3 is 2.69 bits per heavy atom. The summed E-state index contributed by atoms with van der Waals surface area (Å²) >= 11 is 5.53. The predicted molar refractivity (Wildman–Crippen MR) is 46.5 cm³/mol. The van der Waals surface area contributed by atoms with E-state index in [9.17, 15) is 8.42 Å². The molecule has 7 heteroatoms. The van der Waals surface area contributed by atoms with Crippen LogP contribution >= 0.6 is 11.6 Å². The molecule has 0 unspecified atom stereocenters. The second kappa shape index (κ2) is 3.36. The van der Waals surface area contributed by atoms with Crippen LogP contribution in [0.5, 0.6) is 0 Å². The molecule has 0 radical (unpaired) electrons. The summed E-state index contributed by atoms with van der Waals surface area (Å²) in [6.45, 7) is 1.90. The Labute approximate surface area is 80.3 Å². The van der Waals surface area contributed by atoms with Gasteiger partial charge in [-0.3, -0.25) is 0 Å². The van der Waals surface area contributed by atoms with Gasteiger partial charge in [0.25, 0.3) is 10.0 Å². The summed E-state index contributed by atoms with van der Waals surface area (Å²) in [6, 6.07) is 1.46. The lowest BCUT2D eigenvalue weighted by Gasteiger charge is -1.98. The van der Waals surface area contributed by atoms with E-state index in [1.54, 1.807) is 6.92 Å². The summed E-state index contributed by atoms with van der Waals surface area (Å²) < 4.78 is 30.1. The third kappa shape index (κ3) is 1.66. The fourth-order valence-electron chi connectivity index (χ4n) is 0.738. The van der Waals surface area contributed by atoms with Crippen LogP contribution in [0.3, 0.4) is 0 Å². The van der Waals surface area contributed by atoms with Gasteiger partial charge in [0, 0.05) is 0 Å². The van der Waals surface area contributed by atoms with Crippen molar-refractivity contribution in [1.82, 2.24) is 0 Å². The molecular formula is C6H5ClN2O3S. The minimum absolute atomic E-state index is 0.208. The fraction of sp³-hybridized carbons (Fsp3) is 0.333. The molecule has 0 amide bonds. The molecule has 0 aromatic rings. The number of sulfonamides is 1. The van der Waals surface area contributed by atoms with Gasteiger partial charge in [-0.05, 0) is 6.92 Å². The minimum Gasteiger partial charge on any atom is -0.476 e. The molecule has 13 heavy (non-hydrogen) atoms. The monoisotopic (exact) mass is 220 g/mol.